The van der Waals surface area contributed by atoms with E-state index in [1.54, 1.807) is 0 Å². The molecule has 0 amide bonds. The number of anilines is 1. The van der Waals surface area contributed by atoms with Crippen LogP contribution < -0.4 is 5.73 Å². The highest BCUT2D eigenvalue weighted by Crippen LogP contribution is 2.26. The van der Waals surface area contributed by atoms with Gasteiger partial charge in [0.05, 0.1) is 18.8 Å². The average molecular weight is 315 g/mol. The minimum Gasteiger partial charge on any atom is -0.398 e. The number of alkyl halides is 2. The zero-order valence-corrected chi connectivity index (χ0v) is 11.3. The van der Waals surface area contributed by atoms with Gasteiger partial charge in [-0.3, -0.25) is 0 Å². The molecule has 0 aliphatic rings. The third-order valence-electron chi connectivity index (χ3n) is 2.28. The van der Waals surface area contributed by atoms with E-state index in [0.29, 0.717) is 4.31 Å². The zero-order valence-electron chi connectivity index (χ0n) is 9.76. The van der Waals surface area contributed by atoms with Gasteiger partial charge in [-0.1, -0.05) is 11.6 Å². The molecule has 1 rings (SSSR count). The SMILES string of the molecule is Nc1ccc(Cl)cc1S(=O)(=O)N(CCO)CC(F)F. The van der Waals surface area contributed by atoms with E-state index in [1.165, 1.54) is 12.1 Å². The Morgan fingerprint density at radius 1 is 1.42 bits per heavy atom. The maximum absolute atomic E-state index is 12.4. The van der Waals surface area contributed by atoms with E-state index in [0.717, 1.165) is 6.07 Å². The van der Waals surface area contributed by atoms with Crippen LogP contribution in [-0.2, 0) is 10.0 Å². The largest absolute Gasteiger partial charge is 0.398 e. The Hall–Kier alpha value is -0.960. The van der Waals surface area contributed by atoms with Gasteiger partial charge in [0, 0.05) is 11.6 Å². The molecule has 0 aromatic heterocycles. The normalized spacial score (nSPS) is 12.3. The first-order valence-corrected chi connectivity index (χ1v) is 7.05. The highest BCUT2D eigenvalue weighted by molar-refractivity contribution is 7.89. The molecule has 0 saturated heterocycles. The molecule has 0 aliphatic heterocycles. The fourth-order valence-electron chi connectivity index (χ4n) is 1.45. The van der Waals surface area contributed by atoms with Crippen LogP contribution in [0.3, 0.4) is 0 Å². The van der Waals surface area contributed by atoms with Crippen LogP contribution in [0.2, 0.25) is 5.02 Å². The van der Waals surface area contributed by atoms with Crippen molar-refractivity contribution >= 4 is 27.3 Å². The van der Waals surface area contributed by atoms with Gasteiger partial charge in [-0.2, -0.15) is 4.31 Å². The lowest BCUT2D eigenvalue weighted by atomic mass is 10.3. The number of aliphatic hydroxyl groups is 1. The first-order chi connectivity index (χ1) is 8.78. The monoisotopic (exact) mass is 314 g/mol. The van der Waals surface area contributed by atoms with E-state index >= 15 is 0 Å². The number of nitrogens with two attached hydrogens (primary N) is 1. The standard InChI is InChI=1S/C10H13ClF2N2O3S/c11-7-1-2-8(14)9(5-7)19(17,18)15(3-4-16)6-10(12)13/h1-2,5,10,16H,3-4,6,14H2. The first kappa shape index (κ1) is 16.1. The van der Waals surface area contributed by atoms with Gasteiger partial charge in [0.25, 0.3) is 6.43 Å². The minimum atomic E-state index is -4.23. The fraction of sp³-hybridized carbons (Fsp3) is 0.400. The number of sulfonamides is 1. The highest BCUT2D eigenvalue weighted by atomic mass is 35.5. The number of halogens is 3. The molecule has 19 heavy (non-hydrogen) atoms. The van der Waals surface area contributed by atoms with Crippen molar-refractivity contribution in [2.24, 2.45) is 0 Å². The Kier molecular flexibility index (Phi) is 5.48. The maximum atomic E-state index is 12.4. The summed E-state index contributed by atoms with van der Waals surface area (Å²) in [5.41, 5.74) is 5.43. The maximum Gasteiger partial charge on any atom is 0.252 e. The quantitative estimate of drug-likeness (QED) is 0.772. The molecule has 0 atom stereocenters. The Labute approximate surface area is 114 Å². The Bertz CT molecular complexity index is 540. The summed E-state index contributed by atoms with van der Waals surface area (Å²) >= 11 is 5.67. The number of hydrogen-bond acceptors (Lipinski definition) is 4. The number of nitrogens with zero attached hydrogens (tertiary/aromatic N) is 1. The zero-order chi connectivity index (χ0) is 14.6. The summed E-state index contributed by atoms with van der Waals surface area (Å²) < 4.78 is 49.6. The summed E-state index contributed by atoms with van der Waals surface area (Å²) in [7, 11) is -4.23. The van der Waals surface area contributed by atoms with E-state index in [4.69, 9.17) is 22.4 Å². The summed E-state index contributed by atoms with van der Waals surface area (Å²) in [6.07, 6.45) is -2.86. The Balaban J connectivity index is 3.22. The van der Waals surface area contributed by atoms with Crippen molar-refractivity contribution in [1.29, 1.82) is 0 Å². The summed E-state index contributed by atoms with van der Waals surface area (Å²) in [5, 5.41) is 8.89. The van der Waals surface area contributed by atoms with Crippen LogP contribution in [0.25, 0.3) is 0 Å². The number of rotatable bonds is 6. The predicted octanol–water partition coefficient (Wildman–Crippen LogP) is 1.17. The van der Waals surface area contributed by atoms with Crippen LogP contribution in [0.1, 0.15) is 0 Å². The van der Waals surface area contributed by atoms with Gasteiger partial charge in [0.2, 0.25) is 10.0 Å². The van der Waals surface area contributed by atoms with Crippen LogP contribution in [0.4, 0.5) is 14.5 Å². The van der Waals surface area contributed by atoms with Gasteiger partial charge in [0.1, 0.15) is 4.90 Å². The fourth-order valence-corrected chi connectivity index (χ4v) is 3.23. The molecule has 3 N–H and O–H groups in total. The van der Waals surface area contributed by atoms with Crippen LogP contribution >= 0.6 is 11.6 Å². The lowest BCUT2D eigenvalue weighted by Crippen LogP contribution is -2.37. The molecular weight excluding hydrogens is 302 g/mol. The van der Waals surface area contributed by atoms with Gasteiger partial charge in [-0.05, 0) is 18.2 Å². The van der Waals surface area contributed by atoms with Gasteiger partial charge in [-0.25, -0.2) is 17.2 Å². The smallest absolute Gasteiger partial charge is 0.252 e. The molecule has 9 heteroatoms. The highest BCUT2D eigenvalue weighted by Gasteiger charge is 2.28. The molecule has 5 nitrogen and oxygen atoms in total. The molecule has 0 unspecified atom stereocenters. The number of hydrogen-bond donors (Lipinski definition) is 2. The van der Waals surface area contributed by atoms with E-state index < -0.39 is 36.1 Å². The molecule has 0 saturated carbocycles. The van der Waals surface area contributed by atoms with Crippen LogP contribution in [0.5, 0.6) is 0 Å². The number of nitrogen functional groups attached to an aromatic ring is 1. The number of benzene rings is 1. The molecule has 0 bridgehead atoms. The summed E-state index contributed by atoms with van der Waals surface area (Å²) in [6, 6.07) is 3.75. The molecule has 108 valence electrons. The lowest BCUT2D eigenvalue weighted by molar-refractivity contribution is 0.113. The first-order valence-electron chi connectivity index (χ1n) is 5.23. The summed E-state index contributed by atoms with van der Waals surface area (Å²) in [5.74, 6) is 0. The molecule has 1 aromatic carbocycles. The van der Waals surface area contributed by atoms with Crippen LogP contribution in [0, 0.1) is 0 Å². The third kappa shape index (κ3) is 4.00. The molecule has 0 aliphatic carbocycles. The molecule has 1 aromatic rings. The Morgan fingerprint density at radius 2 is 2.05 bits per heavy atom. The average Bonchev–Trinajstić information content (AvgIpc) is 2.31. The summed E-state index contributed by atoms with van der Waals surface area (Å²) in [6.45, 7) is -2.04. The van der Waals surface area contributed by atoms with E-state index in [1.807, 2.05) is 0 Å². The van der Waals surface area contributed by atoms with Gasteiger partial charge < -0.3 is 10.8 Å². The second-order valence-electron chi connectivity index (χ2n) is 3.66. The van der Waals surface area contributed by atoms with Crippen molar-refractivity contribution in [3.05, 3.63) is 23.2 Å². The van der Waals surface area contributed by atoms with Crippen LogP contribution in [0.15, 0.2) is 23.1 Å². The van der Waals surface area contributed by atoms with Gasteiger partial charge in [0.15, 0.2) is 0 Å². The third-order valence-corrected chi connectivity index (χ3v) is 4.44. The molecular formula is C10H13ClF2N2O3S. The molecule has 0 fully saturated rings. The number of aliphatic hydroxyl groups excluding tert-OH is 1. The van der Waals surface area contributed by atoms with Crippen molar-refractivity contribution in [3.63, 3.8) is 0 Å². The van der Waals surface area contributed by atoms with Gasteiger partial charge >= 0.3 is 0 Å². The minimum absolute atomic E-state index is 0.0957. The molecule has 0 spiro atoms. The van der Waals surface area contributed by atoms with Crippen molar-refractivity contribution in [1.82, 2.24) is 4.31 Å². The Morgan fingerprint density at radius 3 is 2.58 bits per heavy atom. The topological polar surface area (TPSA) is 83.6 Å². The molecule has 0 heterocycles. The van der Waals surface area contributed by atoms with Crippen molar-refractivity contribution < 1.29 is 22.3 Å². The van der Waals surface area contributed by atoms with E-state index in [2.05, 4.69) is 0 Å². The second-order valence-corrected chi connectivity index (χ2v) is 6.00. The van der Waals surface area contributed by atoms with Crippen molar-refractivity contribution in [3.8, 4) is 0 Å². The van der Waals surface area contributed by atoms with Crippen molar-refractivity contribution in [2.75, 3.05) is 25.4 Å². The molecule has 0 radical (unpaired) electrons. The second kappa shape index (κ2) is 6.47. The lowest BCUT2D eigenvalue weighted by Gasteiger charge is -2.21. The van der Waals surface area contributed by atoms with E-state index in [9.17, 15) is 17.2 Å². The van der Waals surface area contributed by atoms with Crippen LogP contribution in [-0.4, -0.2) is 44.0 Å². The summed E-state index contributed by atoms with van der Waals surface area (Å²) in [4.78, 5) is -0.353. The predicted molar refractivity (Wildman–Crippen MR) is 67.7 cm³/mol. The van der Waals surface area contributed by atoms with Crippen molar-refractivity contribution in [2.45, 2.75) is 11.3 Å². The van der Waals surface area contributed by atoms with Gasteiger partial charge in [-0.15, -0.1) is 0 Å². The van der Waals surface area contributed by atoms with E-state index in [-0.39, 0.29) is 15.6 Å².